The number of esters is 1. The van der Waals surface area contributed by atoms with Gasteiger partial charge < -0.3 is 15.2 Å². The van der Waals surface area contributed by atoms with Crippen LogP contribution in [0.2, 0.25) is 0 Å². The van der Waals surface area contributed by atoms with Crippen molar-refractivity contribution in [2.24, 2.45) is 0 Å². The average Bonchev–Trinajstić information content (AvgIpc) is 2.55. The fourth-order valence-electron chi connectivity index (χ4n) is 1.75. The second-order valence-corrected chi connectivity index (χ2v) is 5.12. The molecule has 0 atom stereocenters. The number of halogens is 1. The normalized spacial score (nSPS) is 9.75. The van der Waals surface area contributed by atoms with E-state index in [-0.39, 0.29) is 30.1 Å². The molecular formula is C15H16ClN3O4S. The van der Waals surface area contributed by atoms with Crippen molar-refractivity contribution in [3.63, 3.8) is 0 Å². The number of anilines is 2. The lowest BCUT2D eigenvalue weighted by Gasteiger charge is -2.11. The Morgan fingerprint density at radius 2 is 1.96 bits per heavy atom. The van der Waals surface area contributed by atoms with E-state index in [9.17, 15) is 9.59 Å². The molecular weight excluding hydrogens is 354 g/mol. The Morgan fingerprint density at radius 1 is 1.29 bits per heavy atom. The summed E-state index contributed by atoms with van der Waals surface area (Å²) in [7, 11) is 0. The largest absolute Gasteiger partial charge is 0.478 e. The van der Waals surface area contributed by atoms with E-state index in [2.05, 4.69) is 15.3 Å². The quantitative estimate of drug-likeness (QED) is 0.454. The number of nitrogens with zero attached hydrogens (tertiary/aromatic N) is 2. The Bertz CT molecular complexity index is 725. The van der Waals surface area contributed by atoms with Crippen LogP contribution in [0.25, 0.3) is 0 Å². The van der Waals surface area contributed by atoms with Gasteiger partial charge in [-0.15, -0.1) is 12.4 Å². The maximum absolute atomic E-state index is 12.0. The molecule has 0 aliphatic carbocycles. The van der Waals surface area contributed by atoms with Crippen molar-refractivity contribution >= 4 is 47.6 Å². The van der Waals surface area contributed by atoms with Crippen LogP contribution < -0.4 is 5.32 Å². The number of carbonyl (C=O) groups excluding carboxylic acids is 1. The molecule has 0 radical (unpaired) electrons. The van der Waals surface area contributed by atoms with Gasteiger partial charge in [-0.25, -0.2) is 19.6 Å². The molecule has 9 heteroatoms. The topological polar surface area (TPSA) is 101 Å². The minimum atomic E-state index is -1.00. The second-order valence-electron chi connectivity index (χ2n) is 4.35. The van der Waals surface area contributed by atoms with E-state index in [0.717, 1.165) is 0 Å². The third-order valence-corrected chi connectivity index (χ3v) is 3.40. The number of carboxylic acid groups (broad SMARTS) is 1. The van der Waals surface area contributed by atoms with E-state index in [0.29, 0.717) is 16.7 Å². The van der Waals surface area contributed by atoms with Gasteiger partial charge in [-0.3, -0.25) is 0 Å². The van der Waals surface area contributed by atoms with Gasteiger partial charge in [0, 0.05) is 11.9 Å². The molecule has 7 nitrogen and oxygen atoms in total. The number of rotatable bonds is 6. The van der Waals surface area contributed by atoms with Crippen LogP contribution in [0, 0.1) is 0 Å². The highest BCUT2D eigenvalue weighted by Crippen LogP contribution is 2.22. The zero-order valence-corrected chi connectivity index (χ0v) is 14.6. The van der Waals surface area contributed by atoms with E-state index in [4.69, 9.17) is 9.84 Å². The molecule has 0 saturated heterocycles. The van der Waals surface area contributed by atoms with Gasteiger partial charge >= 0.3 is 11.9 Å². The summed E-state index contributed by atoms with van der Waals surface area (Å²) < 4.78 is 4.99. The lowest BCUT2D eigenvalue weighted by atomic mass is 10.2. The van der Waals surface area contributed by atoms with Crippen LogP contribution in [0.15, 0.2) is 35.6 Å². The number of aromatic nitrogens is 2. The first-order chi connectivity index (χ1) is 11.0. The first-order valence-corrected chi connectivity index (χ1v) is 7.96. The summed E-state index contributed by atoms with van der Waals surface area (Å²) in [5.41, 5.74) is 0.993. The lowest BCUT2D eigenvalue weighted by Crippen LogP contribution is -2.10. The maximum atomic E-state index is 12.0. The maximum Gasteiger partial charge on any atom is 0.343 e. The number of aromatic carboxylic acids is 1. The SMILES string of the molecule is CCOC(=O)c1cnc(SC)nc1Nc1ccc(C(=O)O)cc1.Cl. The smallest absolute Gasteiger partial charge is 0.343 e. The van der Waals surface area contributed by atoms with Crippen molar-refractivity contribution in [2.75, 3.05) is 18.2 Å². The molecule has 0 saturated carbocycles. The third kappa shape index (κ3) is 4.84. The molecule has 0 aliphatic rings. The number of nitrogens with one attached hydrogen (secondary N) is 1. The summed E-state index contributed by atoms with van der Waals surface area (Å²) >= 11 is 1.34. The van der Waals surface area contributed by atoms with Crippen molar-refractivity contribution in [3.8, 4) is 0 Å². The molecule has 1 aromatic carbocycles. The van der Waals surface area contributed by atoms with Crippen molar-refractivity contribution in [1.29, 1.82) is 0 Å². The first-order valence-electron chi connectivity index (χ1n) is 6.73. The third-order valence-electron chi connectivity index (χ3n) is 2.84. The van der Waals surface area contributed by atoms with Crippen molar-refractivity contribution in [3.05, 3.63) is 41.6 Å². The van der Waals surface area contributed by atoms with Crippen LogP contribution >= 0.6 is 24.2 Å². The van der Waals surface area contributed by atoms with Crippen LogP contribution in [-0.4, -0.2) is 39.9 Å². The lowest BCUT2D eigenvalue weighted by molar-refractivity contribution is 0.0526. The zero-order chi connectivity index (χ0) is 16.8. The molecule has 1 heterocycles. The summed E-state index contributed by atoms with van der Waals surface area (Å²) in [5.74, 6) is -1.22. The summed E-state index contributed by atoms with van der Waals surface area (Å²) in [6, 6.07) is 6.12. The van der Waals surface area contributed by atoms with Gasteiger partial charge in [0.25, 0.3) is 0 Å². The summed E-state index contributed by atoms with van der Waals surface area (Å²) in [5, 5.41) is 12.4. The zero-order valence-electron chi connectivity index (χ0n) is 13.0. The predicted octanol–water partition coefficient (Wildman–Crippen LogP) is 3.24. The summed E-state index contributed by atoms with van der Waals surface area (Å²) in [6.07, 6.45) is 3.23. The minimum absolute atomic E-state index is 0. The predicted molar refractivity (Wildman–Crippen MR) is 93.7 cm³/mol. The molecule has 0 amide bonds. The average molecular weight is 370 g/mol. The number of carbonyl (C=O) groups is 2. The van der Waals surface area contributed by atoms with Gasteiger partial charge in [-0.2, -0.15) is 0 Å². The van der Waals surface area contributed by atoms with E-state index >= 15 is 0 Å². The molecule has 0 bridgehead atoms. The number of ether oxygens (including phenoxy) is 1. The standard InChI is InChI=1S/C15H15N3O4S.ClH/c1-3-22-14(21)11-8-16-15(23-2)18-12(11)17-10-6-4-9(5-7-10)13(19)20;/h4-8H,3H2,1-2H3,(H,19,20)(H,16,17,18);1H. The van der Waals surface area contributed by atoms with Crippen LogP contribution in [-0.2, 0) is 4.74 Å². The van der Waals surface area contributed by atoms with Crippen molar-refractivity contribution in [1.82, 2.24) is 9.97 Å². The molecule has 0 unspecified atom stereocenters. The van der Waals surface area contributed by atoms with Gasteiger partial charge in [0.05, 0.1) is 12.2 Å². The van der Waals surface area contributed by atoms with Crippen molar-refractivity contribution in [2.45, 2.75) is 12.1 Å². The Hall–Kier alpha value is -2.32. The first kappa shape index (κ1) is 19.7. The minimum Gasteiger partial charge on any atom is -0.478 e. The monoisotopic (exact) mass is 369 g/mol. The number of carboxylic acids is 1. The van der Waals surface area contributed by atoms with Crippen LogP contribution in [0.5, 0.6) is 0 Å². The Morgan fingerprint density at radius 3 is 2.50 bits per heavy atom. The van der Waals surface area contributed by atoms with Crippen LogP contribution in [0.4, 0.5) is 11.5 Å². The van der Waals surface area contributed by atoms with Crippen molar-refractivity contribution < 1.29 is 19.4 Å². The fourth-order valence-corrected chi connectivity index (χ4v) is 2.09. The van der Waals surface area contributed by atoms with Gasteiger partial charge in [-0.05, 0) is 37.4 Å². The van der Waals surface area contributed by atoms with E-state index in [1.165, 1.54) is 30.1 Å². The molecule has 2 aromatic rings. The van der Waals surface area contributed by atoms with Gasteiger partial charge in [0.15, 0.2) is 5.16 Å². The molecule has 0 spiro atoms. The van der Waals surface area contributed by atoms with Gasteiger partial charge in [-0.1, -0.05) is 11.8 Å². The van der Waals surface area contributed by atoms with Crippen LogP contribution in [0.1, 0.15) is 27.6 Å². The molecule has 2 N–H and O–H groups in total. The number of benzene rings is 1. The number of hydrogen-bond acceptors (Lipinski definition) is 7. The molecule has 1 aromatic heterocycles. The molecule has 24 heavy (non-hydrogen) atoms. The second kappa shape index (κ2) is 9.09. The highest BCUT2D eigenvalue weighted by Gasteiger charge is 2.16. The van der Waals surface area contributed by atoms with Crippen LogP contribution in [0.3, 0.4) is 0 Å². The molecule has 0 fully saturated rings. The molecule has 0 aliphatic heterocycles. The Labute approximate surface area is 149 Å². The van der Waals surface area contributed by atoms with Gasteiger partial charge in [0.2, 0.25) is 0 Å². The molecule has 2 rings (SSSR count). The highest BCUT2D eigenvalue weighted by molar-refractivity contribution is 7.98. The summed E-state index contributed by atoms with van der Waals surface area (Å²) in [6.45, 7) is 1.96. The van der Waals surface area contributed by atoms with Gasteiger partial charge in [0.1, 0.15) is 11.4 Å². The van der Waals surface area contributed by atoms with E-state index < -0.39 is 11.9 Å². The highest BCUT2D eigenvalue weighted by atomic mass is 35.5. The molecule has 128 valence electrons. The number of thioether (sulfide) groups is 1. The van der Waals surface area contributed by atoms with E-state index in [1.54, 1.807) is 19.1 Å². The Kier molecular flexibility index (Phi) is 7.47. The fraction of sp³-hybridized carbons (Fsp3) is 0.200. The number of hydrogen-bond donors (Lipinski definition) is 2. The van der Waals surface area contributed by atoms with E-state index in [1.807, 2.05) is 6.26 Å². The summed E-state index contributed by atoms with van der Waals surface area (Å²) in [4.78, 5) is 31.2. The Balaban J connectivity index is 0.00000288.